The van der Waals surface area contributed by atoms with Crippen LogP contribution in [0.2, 0.25) is 0 Å². The summed E-state index contributed by atoms with van der Waals surface area (Å²) >= 11 is 1.61. The van der Waals surface area contributed by atoms with E-state index in [4.69, 9.17) is 0 Å². The van der Waals surface area contributed by atoms with Gasteiger partial charge in [-0.1, -0.05) is 25.1 Å². The van der Waals surface area contributed by atoms with Crippen LogP contribution in [0.5, 0.6) is 0 Å². The molecule has 24 heavy (non-hydrogen) atoms. The average molecular weight is 344 g/mol. The molecular weight excluding hydrogens is 330 g/mol. The molecule has 1 aromatic heterocycles. The number of carbonyl (C=O) groups is 1. The highest BCUT2D eigenvalue weighted by atomic mass is 32.1. The average Bonchev–Trinajstić information content (AvgIpc) is 3.04. The van der Waals surface area contributed by atoms with Crippen LogP contribution in [0.15, 0.2) is 48.7 Å². The summed E-state index contributed by atoms with van der Waals surface area (Å²) in [7, 11) is 0. The van der Waals surface area contributed by atoms with Crippen molar-refractivity contribution in [3.63, 3.8) is 0 Å². The van der Waals surface area contributed by atoms with E-state index in [0.29, 0.717) is 5.69 Å². The summed E-state index contributed by atoms with van der Waals surface area (Å²) < 4.78 is 27.2. The summed E-state index contributed by atoms with van der Waals surface area (Å²) in [5.74, 6) is -2.59. The lowest BCUT2D eigenvalue weighted by molar-refractivity contribution is 0.101. The second-order valence-corrected chi connectivity index (χ2v) is 6.22. The molecule has 0 saturated heterocycles. The van der Waals surface area contributed by atoms with E-state index in [9.17, 15) is 13.6 Å². The molecule has 0 atom stereocenters. The predicted octanol–water partition coefficient (Wildman–Crippen LogP) is 4.90. The fraction of sp³-hybridized carbons (Fsp3) is 0.111. The van der Waals surface area contributed by atoms with Crippen molar-refractivity contribution in [2.75, 3.05) is 5.32 Å². The molecule has 0 aliphatic rings. The number of hydrogen-bond acceptors (Lipinski definition) is 3. The molecule has 2 aromatic carbocycles. The maximum Gasteiger partial charge on any atom is 0.261 e. The van der Waals surface area contributed by atoms with Crippen LogP contribution < -0.4 is 5.32 Å². The van der Waals surface area contributed by atoms with E-state index >= 15 is 0 Å². The zero-order valence-electron chi connectivity index (χ0n) is 12.8. The highest BCUT2D eigenvalue weighted by Crippen LogP contribution is 2.27. The highest BCUT2D eigenvalue weighted by Gasteiger charge is 2.17. The van der Waals surface area contributed by atoms with Crippen molar-refractivity contribution in [3.05, 3.63) is 70.9 Å². The number of rotatable bonds is 4. The number of anilines is 1. The molecule has 0 aliphatic carbocycles. The summed E-state index contributed by atoms with van der Waals surface area (Å²) in [6, 6.07) is 10.4. The molecule has 1 heterocycles. The topological polar surface area (TPSA) is 42.0 Å². The van der Waals surface area contributed by atoms with Gasteiger partial charge in [0.15, 0.2) is 0 Å². The van der Waals surface area contributed by atoms with E-state index in [2.05, 4.69) is 10.3 Å². The van der Waals surface area contributed by atoms with E-state index < -0.39 is 23.1 Å². The van der Waals surface area contributed by atoms with Crippen LogP contribution >= 0.6 is 11.3 Å². The maximum absolute atomic E-state index is 13.6. The van der Waals surface area contributed by atoms with Crippen LogP contribution in [0.25, 0.3) is 10.4 Å². The smallest absolute Gasteiger partial charge is 0.261 e. The van der Waals surface area contributed by atoms with Gasteiger partial charge in [0.25, 0.3) is 5.91 Å². The Morgan fingerprint density at radius 1 is 1.12 bits per heavy atom. The van der Waals surface area contributed by atoms with Crippen LogP contribution in [0.1, 0.15) is 22.3 Å². The molecule has 1 N–H and O–H groups in total. The molecule has 0 aliphatic heterocycles. The van der Waals surface area contributed by atoms with Crippen molar-refractivity contribution in [1.82, 2.24) is 4.98 Å². The minimum atomic E-state index is -0.888. The van der Waals surface area contributed by atoms with Gasteiger partial charge >= 0.3 is 0 Å². The Hall–Kier alpha value is -2.60. The number of thiazole rings is 1. The lowest BCUT2D eigenvalue weighted by Gasteiger charge is -2.07. The van der Waals surface area contributed by atoms with E-state index in [-0.39, 0.29) is 0 Å². The van der Waals surface area contributed by atoms with Gasteiger partial charge in [-0.05, 0) is 36.2 Å². The second kappa shape index (κ2) is 6.88. The fourth-order valence-electron chi connectivity index (χ4n) is 2.23. The normalized spacial score (nSPS) is 10.6. The van der Waals surface area contributed by atoms with Gasteiger partial charge in [-0.15, -0.1) is 11.3 Å². The highest BCUT2D eigenvalue weighted by molar-refractivity contribution is 7.15. The molecule has 122 valence electrons. The molecule has 3 rings (SSSR count). The van der Waals surface area contributed by atoms with Crippen molar-refractivity contribution in [3.8, 4) is 10.4 Å². The predicted molar refractivity (Wildman–Crippen MR) is 91.2 cm³/mol. The van der Waals surface area contributed by atoms with Gasteiger partial charge in [-0.3, -0.25) is 4.79 Å². The van der Waals surface area contributed by atoms with Gasteiger partial charge in [-0.2, -0.15) is 0 Å². The van der Waals surface area contributed by atoms with Crippen LogP contribution in [0.4, 0.5) is 14.5 Å². The van der Waals surface area contributed by atoms with Gasteiger partial charge in [0.1, 0.15) is 17.2 Å². The number of amides is 1. The summed E-state index contributed by atoms with van der Waals surface area (Å²) in [5, 5.41) is 3.56. The molecule has 0 spiro atoms. The van der Waals surface area contributed by atoms with Gasteiger partial charge in [0, 0.05) is 11.9 Å². The quantitative estimate of drug-likeness (QED) is 0.731. The minimum Gasteiger partial charge on any atom is -0.322 e. The van der Waals surface area contributed by atoms with Gasteiger partial charge in [0.05, 0.1) is 9.88 Å². The van der Waals surface area contributed by atoms with Crippen LogP contribution in [0.3, 0.4) is 0 Å². The van der Waals surface area contributed by atoms with Crippen molar-refractivity contribution >= 4 is 22.9 Å². The fourth-order valence-corrected chi connectivity index (χ4v) is 3.10. The molecule has 6 heteroatoms. The number of benzene rings is 2. The molecule has 0 radical (unpaired) electrons. The van der Waals surface area contributed by atoms with E-state index in [0.717, 1.165) is 34.0 Å². The third-order valence-corrected chi connectivity index (χ3v) is 4.66. The lowest BCUT2D eigenvalue weighted by Crippen LogP contribution is -2.15. The molecule has 0 saturated carbocycles. The molecule has 1 amide bonds. The Morgan fingerprint density at radius 3 is 2.38 bits per heavy atom. The van der Waals surface area contributed by atoms with Crippen molar-refractivity contribution < 1.29 is 13.6 Å². The Kier molecular flexibility index (Phi) is 4.66. The SMILES string of the molecule is CCc1ncc(-c2ccc(NC(=O)c3c(F)cccc3F)cc2)s1. The van der Waals surface area contributed by atoms with Crippen molar-refractivity contribution in [1.29, 1.82) is 0 Å². The Morgan fingerprint density at radius 2 is 1.79 bits per heavy atom. The molecule has 3 aromatic rings. The summed E-state index contributed by atoms with van der Waals surface area (Å²) in [4.78, 5) is 17.4. The summed E-state index contributed by atoms with van der Waals surface area (Å²) in [6.07, 6.45) is 2.69. The first-order valence-corrected chi connectivity index (χ1v) is 8.20. The monoisotopic (exact) mass is 344 g/mol. The third-order valence-electron chi connectivity index (χ3n) is 3.47. The van der Waals surface area contributed by atoms with Crippen molar-refractivity contribution in [2.45, 2.75) is 13.3 Å². The maximum atomic E-state index is 13.6. The first-order valence-electron chi connectivity index (χ1n) is 7.39. The minimum absolute atomic E-state index is 0.464. The molecule has 0 unspecified atom stereocenters. The molecule has 0 bridgehead atoms. The summed E-state index contributed by atoms with van der Waals surface area (Å²) in [6.45, 7) is 2.04. The number of nitrogens with one attached hydrogen (secondary N) is 1. The van der Waals surface area contributed by atoms with Crippen LogP contribution in [-0.2, 0) is 6.42 Å². The largest absolute Gasteiger partial charge is 0.322 e. The number of hydrogen-bond donors (Lipinski definition) is 1. The number of aromatic nitrogens is 1. The Balaban J connectivity index is 1.78. The molecule has 3 nitrogen and oxygen atoms in total. The van der Waals surface area contributed by atoms with Crippen LogP contribution in [0, 0.1) is 11.6 Å². The van der Waals surface area contributed by atoms with Crippen molar-refractivity contribution in [2.24, 2.45) is 0 Å². The number of halogens is 2. The Labute approximate surface area is 142 Å². The zero-order valence-corrected chi connectivity index (χ0v) is 13.7. The first kappa shape index (κ1) is 16.3. The van der Waals surface area contributed by atoms with E-state index in [1.807, 2.05) is 25.3 Å². The molecule has 0 fully saturated rings. The van der Waals surface area contributed by atoms with E-state index in [1.165, 1.54) is 6.07 Å². The molecular formula is C18H14F2N2OS. The summed E-state index contributed by atoms with van der Waals surface area (Å²) in [5.41, 5.74) is 0.852. The van der Waals surface area contributed by atoms with E-state index in [1.54, 1.807) is 23.5 Å². The number of carbonyl (C=O) groups excluding carboxylic acids is 1. The van der Waals surface area contributed by atoms with Gasteiger partial charge < -0.3 is 5.32 Å². The number of aryl methyl sites for hydroxylation is 1. The number of nitrogens with zero attached hydrogens (tertiary/aromatic N) is 1. The lowest BCUT2D eigenvalue weighted by atomic mass is 10.1. The van der Waals surface area contributed by atoms with Gasteiger partial charge in [-0.25, -0.2) is 13.8 Å². The second-order valence-electron chi connectivity index (χ2n) is 5.10. The third kappa shape index (κ3) is 3.33. The Bertz CT molecular complexity index is 855. The van der Waals surface area contributed by atoms with Crippen LogP contribution in [-0.4, -0.2) is 10.9 Å². The zero-order chi connectivity index (χ0) is 17.1. The van der Waals surface area contributed by atoms with Gasteiger partial charge in [0.2, 0.25) is 0 Å². The standard InChI is InChI=1S/C18H14F2N2OS/c1-2-16-21-10-15(24-16)11-6-8-12(9-7-11)22-18(23)17-13(19)4-3-5-14(17)20/h3-10H,2H2,1H3,(H,22,23). The first-order chi connectivity index (χ1) is 11.6.